The standard InChI is InChI=1S/C8H10.C6H10O3.C2H6O2/c1-7-3-5-8(2)6-4-7;1(5-3-8-5)7-2-6-4-9-6;3-1-2-4/h3-6H,1-2H3;5-6H,1-4H2;3-4H,1-2H2. The average Bonchev–Trinajstić information content (AvgIpc) is 3.38. The zero-order valence-corrected chi connectivity index (χ0v) is 12.8. The van der Waals surface area contributed by atoms with Gasteiger partial charge in [0, 0.05) is 0 Å². The van der Waals surface area contributed by atoms with Gasteiger partial charge in [0.05, 0.1) is 39.6 Å². The molecule has 2 aliphatic rings. The number of rotatable bonds is 5. The molecule has 2 heterocycles. The zero-order chi connectivity index (χ0) is 15.5. The molecule has 3 rings (SSSR count). The molecule has 0 saturated carbocycles. The average molecular weight is 298 g/mol. The van der Waals surface area contributed by atoms with E-state index in [-0.39, 0.29) is 13.2 Å². The lowest BCUT2D eigenvalue weighted by atomic mass is 10.2. The fourth-order valence-corrected chi connectivity index (χ4v) is 1.30. The Morgan fingerprint density at radius 3 is 1.48 bits per heavy atom. The number of aliphatic hydroxyl groups is 2. The molecule has 2 unspecified atom stereocenters. The number of hydrogen-bond acceptors (Lipinski definition) is 5. The van der Waals surface area contributed by atoms with Crippen molar-refractivity contribution in [3.05, 3.63) is 35.4 Å². The van der Waals surface area contributed by atoms with Crippen molar-refractivity contribution in [2.45, 2.75) is 26.1 Å². The molecule has 2 N–H and O–H groups in total. The Hall–Kier alpha value is -0.980. The molecule has 1 aromatic rings. The highest BCUT2D eigenvalue weighted by atomic mass is 16.6. The fourth-order valence-electron chi connectivity index (χ4n) is 1.30. The number of hydrogen-bond donors (Lipinski definition) is 2. The first-order valence-corrected chi connectivity index (χ1v) is 7.21. The molecule has 120 valence electrons. The number of aryl methyl sites for hydroxylation is 2. The Morgan fingerprint density at radius 2 is 1.24 bits per heavy atom. The molecule has 0 aliphatic carbocycles. The van der Waals surface area contributed by atoms with Gasteiger partial charge in [-0.25, -0.2) is 0 Å². The van der Waals surface area contributed by atoms with E-state index < -0.39 is 0 Å². The second-order valence-electron chi connectivity index (χ2n) is 5.05. The summed E-state index contributed by atoms with van der Waals surface area (Å²) in [4.78, 5) is 0. The Morgan fingerprint density at radius 1 is 0.905 bits per heavy atom. The van der Waals surface area contributed by atoms with Crippen molar-refractivity contribution in [2.24, 2.45) is 0 Å². The Balaban J connectivity index is 0.000000171. The maximum atomic E-state index is 7.62. The highest BCUT2D eigenvalue weighted by Gasteiger charge is 2.26. The molecule has 2 atom stereocenters. The van der Waals surface area contributed by atoms with Crippen LogP contribution in [0.15, 0.2) is 24.3 Å². The molecule has 2 fully saturated rings. The first kappa shape index (κ1) is 18.1. The monoisotopic (exact) mass is 298 g/mol. The number of ether oxygens (including phenoxy) is 3. The Bertz CT molecular complexity index is 322. The largest absolute Gasteiger partial charge is 0.394 e. The molecule has 1 aromatic carbocycles. The lowest BCUT2D eigenvalue weighted by molar-refractivity contribution is 0.102. The highest BCUT2D eigenvalue weighted by molar-refractivity contribution is 5.19. The van der Waals surface area contributed by atoms with Crippen molar-refractivity contribution in [2.75, 3.05) is 39.6 Å². The van der Waals surface area contributed by atoms with Gasteiger partial charge < -0.3 is 24.4 Å². The van der Waals surface area contributed by atoms with Crippen molar-refractivity contribution in [1.82, 2.24) is 0 Å². The van der Waals surface area contributed by atoms with Crippen LogP contribution >= 0.6 is 0 Å². The van der Waals surface area contributed by atoms with Gasteiger partial charge in [0.2, 0.25) is 0 Å². The molecule has 5 heteroatoms. The van der Waals surface area contributed by atoms with Gasteiger partial charge >= 0.3 is 0 Å². The van der Waals surface area contributed by atoms with Gasteiger partial charge in [-0.05, 0) is 13.8 Å². The van der Waals surface area contributed by atoms with E-state index in [1.165, 1.54) is 11.1 Å². The summed E-state index contributed by atoms with van der Waals surface area (Å²) < 4.78 is 15.1. The molecule has 21 heavy (non-hydrogen) atoms. The van der Waals surface area contributed by atoms with Crippen molar-refractivity contribution >= 4 is 0 Å². The van der Waals surface area contributed by atoms with E-state index in [2.05, 4.69) is 38.1 Å². The Kier molecular flexibility index (Phi) is 9.21. The molecular formula is C16H26O5. The van der Waals surface area contributed by atoms with Crippen LogP contribution < -0.4 is 0 Å². The predicted octanol–water partition coefficient (Wildman–Crippen LogP) is 1.08. The van der Waals surface area contributed by atoms with Gasteiger partial charge in [0.25, 0.3) is 0 Å². The maximum absolute atomic E-state index is 7.62. The lowest BCUT2D eigenvalue weighted by Gasteiger charge is -1.95. The van der Waals surface area contributed by atoms with E-state index in [1.54, 1.807) is 0 Å². The highest BCUT2D eigenvalue weighted by Crippen LogP contribution is 2.12. The van der Waals surface area contributed by atoms with E-state index in [9.17, 15) is 0 Å². The van der Waals surface area contributed by atoms with Crippen LogP contribution in [0, 0.1) is 13.8 Å². The molecule has 2 saturated heterocycles. The summed E-state index contributed by atoms with van der Waals surface area (Å²) in [6.07, 6.45) is 0.785. The third-order valence-electron chi connectivity index (χ3n) is 2.73. The van der Waals surface area contributed by atoms with Crippen LogP contribution in [0.2, 0.25) is 0 Å². The second-order valence-corrected chi connectivity index (χ2v) is 5.05. The minimum atomic E-state index is -0.125. The predicted molar refractivity (Wildman–Crippen MR) is 80.4 cm³/mol. The summed E-state index contributed by atoms with van der Waals surface area (Å²) in [5, 5.41) is 15.2. The minimum Gasteiger partial charge on any atom is -0.394 e. The lowest BCUT2D eigenvalue weighted by Crippen LogP contribution is -2.06. The van der Waals surface area contributed by atoms with E-state index in [1.807, 2.05) is 0 Å². The zero-order valence-electron chi connectivity index (χ0n) is 12.8. The van der Waals surface area contributed by atoms with E-state index in [4.69, 9.17) is 24.4 Å². The summed E-state index contributed by atoms with van der Waals surface area (Å²) >= 11 is 0. The van der Waals surface area contributed by atoms with Gasteiger partial charge in [-0.15, -0.1) is 0 Å². The maximum Gasteiger partial charge on any atom is 0.104 e. The number of aliphatic hydroxyl groups excluding tert-OH is 2. The number of benzene rings is 1. The smallest absolute Gasteiger partial charge is 0.104 e. The third kappa shape index (κ3) is 11.4. The van der Waals surface area contributed by atoms with Gasteiger partial charge in [-0.3, -0.25) is 0 Å². The van der Waals surface area contributed by atoms with Crippen LogP contribution in [-0.4, -0.2) is 62.1 Å². The van der Waals surface area contributed by atoms with Gasteiger partial charge in [-0.2, -0.15) is 0 Å². The SMILES string of the molecule is C(OCC1CO1)C1CO1.Cc1ccc(C)cc1.OCCO. The van der Waals surface area contributed by atoms with Crippen molar-refractivity contribution < 1.29 is 24.4 Å². The van der Waals surface area contributed by atoms with Crippen LogP contribution in [-0.2, 0) is 14.2 Å². The van der Waals surface area contributed by atoms with Crippen LogP contribution in [0.4, 0.5) is 0 Å². The topological polar surface area (TPSA) is 74.8 Å². The minimum absolute atomic E-state index is 0.125. The normalized spacial score (nSPS) is 21.5. The molecule has 2 aliphatic heterocycles. The second kappa shape index (κ2) is 10.7. The summed E-state index contributed by atoms with van der Waals surface area (Å²) in [6.45, 7) is 7.20. The Labute approximate surface area is 126 Å². The van der Waals surface area contributed by atoms with Crippen molar-refractivity contribution in [3.63, 3.8) is 0 Å². The van der Waals surface area contributed by atoms with Crippen LogP contribution in [0.25, 0.3) is 0 Å². The summed E-state index contributed by atoms with van der Waals surface area (Å²) in [5.74, 6) is 0. The fraction of sp³-hybridized carbons (Fsp3) is 0.625. The molecule has 0 radical (unpaired) electrons. The number of epoxide rings is 2. The molecule has 0 bridgehead atoms. The van der Waals surface area contributed by atoms with E-state index in [0.717, 1.165) is 26.4 Å². The third-order valence-corrected chi connectivity index (χ3v) is 2.73. The van der Waals surface area contributed by atoms with Gasteiger partial charge in [0.15, 0.2) is 0 Å². The van der Waals surface area contributed by atoms with Crippen molar-refractivity contribution in [1.29, 1.82) is 0 Å². The molecule has 0 spiro atoms. The van der Waals surface area contributed by atoms with Gasteiger partial charge in [-0.1, -0.05) is 35.4 Å². The van der Waals surface area contributed by atoms with Crippen LogP contribution in [0.3, 0.4) is 0 Å². The van der Waals surface area contributed by atoms with Gasteiger partial charge in [0.1, 0.15) is 12.2 Å². The molecular weight excluding hydrogens is 272 g/mol. The van der Waals surface area contributed by atoms with Crippen LogP contribution in [0.1, 0.15) is 11.1 Å². The van der Waals surface area contributed by atoms with E-state index >= 15 is 0 Å². The first-order chi connectivity index (χ1) is 10.2. The van der Waals surface area contributed by atoms with Crippen molar-refractivity contribution in [3.8, 4) is 0 Å². The summed E-state index contributed by atoms with van der Waals surface area (Å²) in [6, 6.07) is 8.48. The van der Waals surface area contributed by atoms with E-state index in [0.29, 0.717) is 12.2 Å². The quantitative estimate of drug-likeness (QED) is 0.796. The molecule has 5 nitrogen and oxygen atoms in total. The molecule has 0 amide bonds. The molecule has 0 aromatic heterocycles. The first-order valence-electron chi connectivity index (χ1n) is 7.21. The van der Waals surface area contributed by atoms with Crippen LogP contribution in [0.5, 0.6) is 0 Å². The summed E-state index contributed by atoms with van der Waals surface area (Å²) in [5.41, 5.74) is 2.66. The summed E-state index contributed by atoms with van der Waals surface area (Å²) in [7, 11) is 0.